The van der Waals surface area contributed by atoms with Crippen LogP contribution in [-0.2, 0) is 17.6 Å². The van der Waals surface area contributed by atoms with Gasteiger partial charge in [-0.25, -0.2) is 0 Å². The van der Waals surface area contributed by atoms with E-state index in [-0.39, 0.29) is 11.8 Å². The van der Waals surface area contributed by atoms with Gasteiger partial charge in [-0.05, 0) is 94.8 Å². The van der Waals surface area contributed by atoms with Crippen LogP contribution in [0.25, 0.3) is 0 Å². The van der Waals surface area contributed by atoms with Crippen LogP contribution in [0.15, 0.2) is 84.9 Å². The molecule has 252 valence electrons. The molecular formula is C42H58N4O. The molecule has 0 radical (unpaired) electrons. The van der Waals surface area contributed by atoms with Crippen LogP contribution < -0.4 is 19.6 Å². The zero-order chi connectivity index (χ0) is 34.1. The minimum Gasteiger partial charge on any atom is -0.379 e. The second-order valence-corrected chi connectivity index (χ2v) is 13.7. The summed E-state index contributed by atoms with van der Waals surface area (Å²) in [6.07, 6.45) is 4.29. The van der Waals surface area contributed by atoms with E-state index in [1.807, 2.05) is 0 Å². The number of nitrogens with zero attached hydrogens (tertiary/aromatic N) is 4. The molecule has 0 saturated heterocycles. The van der Waals surface area contributed by atoms with Crippen LogP contribution in [0.4, 0.5) is 22.7 Å². The van der Waals surface area contributed by atoms with Gasteiger partial charge in [-0.2, -0.15) is 0 Å². The quantitative estimate of drug-likeness (QED) is 0.123. The maximum absolute atomic E-state index is 6.91. The Hall–Kier alpha value is -3.96. The largest absolute Gasteiger partial charge is 0.379 e. The molecule has 0 aromatic heterocycles. The second kappa shape index (κ2) is 16.7. The number of rotatable bonds is 16. The molecule has 4 rings (SSSR count). The summed E-state index contributed by atoms with van der Waals surface area (Å²) in [4.78, 5) is 8.71. The third-order valence-corrected chi connectivity index (χ3v) is 9.27. The van der Waals surface area contributed by atoms with Gasteiger partial charge < -0.3 is 24.3 Å². The fraction of sp³-hybridized carbons (Fsp3) is 0.429. The smallest absolute Gasteiger partial charge is 0.0576 e. The first-order chi connectivity index (χ1) is 22.5. The van der Waals surface area contributed by atoms with Gasteiger partial charge in [0.05, 0.1) is 13.2 Å². The molecule has 0 aliphatic heterocycles. The van der Waals surface area contributed by atoms with E-state index < -0.39 is 0 Å². The Kier molecular flexibility index (Phi) is 12.8. The van der Waals surface area contributed by atoms with Crippen molar-refractivity contribution in [3.05, 3.63) is 118 Å². The van der Waals surface area contributed by atoms with E-state index in [1.54, 1.807) is 0 Å². The summed E-state index contributed by atoms with van der Waals surface area (Å²) in [5.74, 6) is 0.263. The summed E-state index contributed by atoms with van der Waals surface area (Å²) in [6, 6.07) is 32.0. The van der Waals surface area contributed by atoms with Crippen LogP contribution >= 0.6 is 0 Å². The zero-order valence-electron chi connectivity index (χ0n) is 30.7. The molecule has 2 unspecified atom stereocenters. The van der Waals surface area contributed by atoms with Crippen molar-refractivity contribution in [1.82, 2.24) is 0 Å². The van der Waals surface area contributed by atoms with Crippen molar-refractivity contribution in [3.8, 4) is 0 Å². The minimum atomic E-state index is 0.131. The fourth-order valence-electron chi connectivity index (χ4n) is 6.44. The topological polar surface area (TPSA) is 22.2 Å². The average Bonchev–Trinajstić information content (AvgIpc) is 3.05. The molecule has 4 aromatic rings. The monoisotopic (exact) mass is 634 g/mol. The molecule has 0 aliphatic carbocycles. The maximum atomic E-state index is 6.91. The Morgan fingerprint density at radius 2 is 0.766 bits per heavy atom. The third-order valence-electron chi connectivity index (χ3n) is 9.27. The Bertz CT molecular complexity index is 1420. The molecule has 5 nitrogen and oxygen atoms in total. The first-order valence-electron chi connectivity index (χ1n) is 17.3. The lowest BCUT2D eigenvalue weighted by Crippen LogP contribution is -2.18. The van der Waals surface area contributed by atoms with Crippen molar-refractivity contribution in [1.29, 1.82) is 0 Å². The van der Waals surface area contributed by atoms with Gasteiger partial charge in [-0.15, -0.1) is 0 Å². The predicted octanol–water partition coefficient (Wildman–Crippen LogP) is 8.84. The first-order valence-corrected chi connectivity index (χ1v) is 17.3. The molecule has 0 bridgehead atoms. The Morgan fingerprint density at radius 3 is 1.06 bits per heavy atom. The Labute approximate surface area is 285 Å². The van der Waals surface area contributed by atoms with Gasteiger partial charge in [0.2, 0.25) is 0 Å². The van der Waals surface area contributed by atoms with Gasteiger partial charge in [-0.1, -0.05) is 63.1 Å². The summed E-state index contributed by atoms with van der Waals surface area (Å²) >= 11 is 0. The van der Waals surface area contributed by atoms with Crippen LogP contribution in [0.3, 0.4) is 0 Å². The molecule has 47 heavy (non-hydrogen) atoms. The van der Waals surface area contributed by atoms with Gasteiger partial charge in [-0.3, -0.25) is 0 Å². The lowest BCUT2D eigenvalue weighted by molar-refractivity contribution is 0.120. The molecule has 0 saturated carbocycles. The van der Waals surface area contributed by atoms with Crippen molar-refractivity contribution < 1.29 is 4.74 Å². The van der Waals surface area contributed by atoms with Crippen molar-refractivity contribution in [2.75, 3.05) is 89.2 Å². The summed E-state index contributed by atoms with van der Waals surface area (Å²) in [5.41, 5.74) is 13.0. The average molecular weight is 635 g/mol. The number of hydrogen-bond donors (Lipinski definition) is 0. The third kappa shape index (κ3) is 9.10. The van der Waals surface area contributed by atoms with E-state index in [4.69, 9.17) is 4.74 Å². The molecule has 0 amide bonds. The number of anilines is 4. The Balaban J connectivity index is 1.74. The SMILES string of the molecule is CCCc1cc(N(C)C)ccc1C(COCC(c1ccc(N(C)C)cc1)c1ccc(N(C)C)cc1CCC)c1ccc(N(C)C)cc1. The molecule has 0 fully saturated rings. The van der Waals surface area contributed by atoms with Gasteiger partial charge in [0.15, 0.2) is 0 Å². The molecule has 0 spiro atoms. The fourth-order valence-corrected chi connectivity index (χ4v) is 6.44. The lowest BCUT2D eigenvalue weighted by atomic mass is 9.86. The highest BCUT2D eigenvalue weighted by Gasteiger charge is 2.23. The van der Waals surface area contributed by atoms with E-state index in [0.717, 1.165) is 25.7 Å². The van der Waals surface area contributed by atoms with Crippen LogP contribution in [0.1, 0.15) is 71.9 Å². The van der Waals surface area contributed by atoms with Crippen molar-refractivity contribution >= 4 is 22.7 Å². The molecule has 0 N–H and O–H groups in total. The van der Waals surface area contributed by atoms with Gasteiger partial charge in [0.25, 0.3) is 0 Å². The van der Waals surface area contributed by atoms with E-state index in [9.17, 15) is 0 Å². The molecule has 4 aromatic carbocycles. The highest BCUT2D eigenvalue weighted by atomic mass is 16.5. The van der Waals surface area contributed by atoms with Crippen molar-refractivity contribution in [2.24, 2.45) is 0 Å². The molecular weight excluding hydrogens is 576 g/mol. The standard InChI is InChI=1S/C42H58N4O/c1-11-13-33-27-37(45(7)8)23-25-39(33)41(31-15-19-35(20-16-31)43(3)4)29-47-30-42(32-17-21-36(22-18-32)44(5)6)40-26-24-38(46(9)10)28-34(40)14-12-2/h15-28,41-42H,11-14,29-30H2,1-10H3. The zero-order valence-corrected chi connectivity index (χ0v) is 30.7. The van der Waals surface area contributed by atoms with Crippen molar-refractivity contribution in [2.45, 2.75) is 51.4 Å². The van der Waals surface area contributed by atoms with E-state index >= 15 is 0 Å². The molecule has 2 atom stereocenters. The summed E-state index contributed by atoms with van der Waals surface area (Å²) in [7, 11) is 16.9. The van der Waals surface area contributed by atoms with Gasteiger partial charge in [0, 0.05) is 91.0 Å². The molecule has 0 heterocycles. The molecule has 5 heteroatoms. The van der Waals surface area contributed by atoms with E-state index in [2.05, 4.69) is 175 Å². The number of aryl methyl sites for hydroxylation is 2. The van der Waals surface area contributed by atoms with Crippen LogP contribution in [-0.4, -0.2) is 69.6 Å². The predicted molar refractivity (Wildman–Crippen MR) is 206 cm³/mol. The summed E-state index contributed by atoms with van der Waals surface area (Å²) in [5, 5.41) is 0. The minimum absolute atomic E-state index is 0.131. The lowest BCUT2D eigenvalue weighted by Gasteiger charge is -2.27. The van der Waals surface area contributed by atoms with Crippen LogP contribution in [0.2, 0.25) is 0 Å². The second-order valence-electron chi connectivity index (χ2n) is 13.7. The maximum Gasteiger partial charge on any atom is 0.0576 e. The van der Waals surface area contributed by atoms with E-state index in [1.165, 1.54) is 56.1 Å². The normalized spacial score (nSPS) is 12.5. The number of ether oxygens (including phenoxy) is 1. The number of hydrogen-bond acceptors (Lipinski definition) is 5. The highest BCUT2D eigenvalue weighted by molar-refractivity contribution is 5.55. The van der Waals surface area contributed by atoms with Gasteiger partial charge in [0.1, 0.15) is 0 Å². The van der Waals surface area contributed by atoms with Gasteiger partial charge >= 0.3 is 0 Å². The van der Waals surface area contributed by atoms with Crippen LogP contribution in [0.5, 0.6) is 0 Å². The van der Waals surface area contributed by atoms with E-state index in [0.29, 0.717) is 13.2 Å². The molecule has 0 aliphatic rings. The van der Waals surface area contributed by atoms with Crippen molar-refractivity contribution in [3.63, 3.8) is 0 Å². The number of benzene rings is 4. The summed E-state index contributed by atoms with van der Waals surface area (Å²) in [6.45, 7) is 5.77. The highest BCUT2D eigenvalue weighted by Crippen LogP contribution is 2.35. The summed E-state index contributed by atoms with van der Waals surface area (Å²) < 4.78 is 6.91. The Morgan fingerprint density at radius 1 is 0.447 bits per heavy atom. The van der Waals surface area contributed by atoms with Crippen LogP contribution in [0, 0.1) is 0 Å². The first kappa shape index (κ1) is 35.9.